The molecule has 4 nitrogen and oxygen atoms in total. The monoisotopic (exact) mass is 181 g/mol. The van der Waals surface area contributed by atoms with Crippen LogP contribution in [-0.4, -0.2) is 17.6 Å². The standard InChI is InChI=1S/C9H11NO3/c1-3-12-9(11)5-4-8-10-6-7(2)13-8/h4-6H,3H2,1-2H3. The number of oxazole rings is 1. The van der Waals surface area contributed by atoms with E-state index in [4.69, 9.17) is 4.42 Å². The van der Waals surface area contributed by atoms with Crippen LogP contribution >= 0.6 is 0 Å². The van der Waals surface area contributed by atoms with Crippen molar-refractivity contribution in [3.05, 3.63) is 23.9 Å². The number of aryl methyl sites for hydroxylation is 1. The molecule has 1 aromatic rings. The highest BCUT2D eigenvalue weighted by molar-refractivity contribution is 5.86. The summed E-state index contributed by atoms with van der Waals surface area (Å²) in [6.07, 6.45) is 4.35. The normalized spacial score (nSPS) is 10.6. The second-order valence-electron chi connectivity index (χ2n) is 2.39. The van der Waals surface area contributed by atoms with E-state index in [0.29, 0.717) is 18.3 Å². The Labute approximate surface area is 76.2 Å². The van der Waals surface area contributed by atoms with Gasteiger partial charge in [0.15, 0.2) is 0 Å². The molecule has 0 aromatic carbocycles. The molecular weight excluding hydrogens is 170 g/mol. The van der Waals surface area contributed by atoms with Crippen molar-refractivity contribution in [3.8, 4) is 0 Å². The van der Waals surface area contributed by atoms with Gasteiger partial charge in [-0.05, 0) is 13.8 Å². The first-order chi connectivity index (χ1) is 6.22. The molecule has 0 aliphatic heterocycles. The summed E-state index contributed by atoms with van der Waals surface area (Å²) >= 11 is 0. The van der Waals surface area contributed by atoms with Gasteiger partial charge in [-0.1, -0.05) is 0 Å². The van der Waals surface area contributed by atoms with Gasteiger partial charge in [-0.2, -0.15) is 0 Å². The van der Waals surface area contributed by atoms with Crippen LogP contribution in [0.3, 0.4) is 0 Å². The maximum atomic E-state index is 10.8. The number of hydrogen-bond donors (Lipinski definition) is 0. The summed E-state index contributed by atoms with van der Waals surface area (Å²) in [6.45, 7) is 3.91. The third-order valence-corrected chi connectivity index (χ3v) is 1.29. The topological polar surface area (TPSA) is 52.3 Å². The van der Waals surface area contributed by atoms with Crippen molar-refractivity contribution < 1.29 is 13.9 Å². The molecule has 0 saturated heterocycles. The molecule has 0 aliphatic rings. The molecule has 1 rings (SSSR count). The second kappa shape index (κ2) is 4.45. The molecule has 0 amide bonds. The zero-order valence-corrected chi connectivity index (χ0v) is 7.61. The van der Waals surface area contributed by atoms with E-state index in [0.717, 1.165) is 0 Å². The van der Waals surface area contributed by atoms with Gasteiger partial charge in [0, 0.05) is 12.2 Å². The average Bonchev–Trinajstić information content (AvgIpc) is 2.49. The summed E-state index contributed by atoms with van der Waals surface area (Å²) in [5.74, 6) is 0.729. The van der Waals surface area contributed by atoms with Crippen LogP contribution in [0.5, 0.6) is 0 Å². The van der Waals surface area contributed by atoms with Crippen LogP contribution in [0, 0.1) is 6.92 Å². The minimum absolute atomic E-state index is 0.369. The molecule has 0 saturated carbocycles. The average molecular weight is 181 g/mol. The lowest BCUT2D eigenvalue weighted by molar-refractivity contribution is -0.137. The molecule has 0 fully saturated rings. The van der Waals surface area contributed by atoms with E-state index in [9.17, 15) is 4.79 Å². The van der Waals surface area contributed by atoms with E-state index in [1.54, 1.807) is 20.0 Å². The number of hydrogen-bond acceptors (Lipinski definition) is 4. The van der Waals surface area contributed by atoms with Gasteiger partial charge in [-0.3, -0.25) is 0 Å². The van der Waals surface area contributed by atoms with Crippen LogP contribution in [-0.2, 0) is 9.53 Å². The zero-order valence-electron chi connectivity index (χ0n) is 7.61. The fourth-order valence-electron chi connectivity index (χ4n) is 0.779. The van der Waals surface area contributed by atoms with Gasteiger partial charge < -0.3 is 9.15 Å². The molecule has 0 unspecified atom stereocenters. The summed E-state index contributed by atoms with van der Waals surface area (Å²) in [4.78, 5) is 14.7. The molecule has 0 atom stereocenters. The smallest absolute Gasteiger partial charge is 0.330 e. The molecule has 13 heavy (non-hydrogen) atoms. The third-order valence-electron chi connectivity index (χ3n) is 1.29. The Morgan fingerprint density at radius 2 is 2.54 bits per heavy atom. The minimum Gasteiger partial charge on any atom is -0.463 e. The Hall–Kier alpha value is -1.58. The van der Waals surface area contributed by atoms with Crippen LogP contribution in [0.4, 0.5) is 0 Å². The number of nitrogens with zero attached hydrogens (tertiary/aromatic N) is 1. The van der Waals surface area contributed by atoms with E-state index in [1.807, 2.05) is 0 Å². The number of aromatic nitrogens is 1. The van der Waals surface area contributed by atoms with Crippen molar-refractivity contribution in [2.24, 2.45) is 0 Å². The Kier molecular flexibility index (Phi) is 3.25. The number of carbonyl (C=O) groups is 1. The Morgan fingerprint density at radius 1 is 1.77 bits per heavy atom. The van der Waals surface area contributed by atoms with Crippen molar-refractivity contribution in [1.82, 2.24) is 4.98 Å². The van der Waals surface area contributed by atoms with Crippen molar-refractivity contribution in [2.45, 2.75) is 13.8 Å². The first-order valence-corrected chi connectivity index (χ1v) is 3.99. The maximum Gasteiger partial charge on any atom is 0.330 e. The second-order valence-corrected chi connectivity index (χ2v) is 2.39. The van der Waals surface area contributed by atoms with Gasteiger partial charge in [-0.15, -0.1) is 0 Å². The van der Waals surface area contributed by atoms with E-state index in [1.165, 1.54) is 12.2 Å². The van der Waals surface area contributed by atoms with Crippen molar-refractivity contribution >= 4 is 12.0 Å². The van der Waals surface area contributed by atoms with E-state index < -0.39 is 5.97 Å². The van der Waals surface area contributed by atoms with Gasteiger partial charge in [0.2, 0.25) is 5.89 Å². The van der Waals surface area contributed by atoms with Crippen molar-refractivity contribution in [2.75, 3.05) is 6.61 Å². The Morgan fingerprint density at radius 3 is 3.08 bits per heavy atom. The molecular formula is C9H11NO3. The maximum absolute atomic E-state index is 10.8. The Bertz CT molecular complexity index is 314. The van der Waals surface area contributed by atoms with Crippen LogP contribution in [0.25, 0.3) is 6.08 Å². The molecule has 0 N–H and O–H groups in total. The van der Waals surface area contributed by atoms with E-state index in [2.05, 4.69) is 9.72 Å². The minimum atomic E-state index is -0.390. The van der Waals surface area contributed by atoms with Crippen LogP contribution < -0.4 is 0 Å². The predicted octanol–water partition coefficient (Wildman–Crippen LogP) is 1.56. The van der Waals surface area contributed by atoms with Crippen LogP contribution in [0.2, 0.25) is 0 Å². The summed E-state index contributed by atoms with van der Waals surface area (Å²) in [5.41, 5.74) is 0. The largest absolute Gasteiger partial charge is 0.463 e. The zero-order chi connectivity index (χ0) is 9.68. The highest BCUT2D eigenvalue weighted by Gasteiger charge is 1.97. The predicted molar refractivity (Wildman–Crippen MR) is 46.9 cm³/mol. The summed E-state index contributed by atoms with van der Waals surface area (Å²) in [6, 6.07) is 0. The van der Waals surface area contributed by atoms with E-state index >= 15 is 0 Å². The van der Waals surface area contributed by atoms with Gasteiger partial charge in [0.1, 0.15) is 5.76 Å². The number of rotatable bonds is 3. The molecule has 1 aromatic heterocycles. The first kappa shape index (κ1) is 9.51. The summed E-state index contributed by atoms with van der Waals surface area (Å²) in [5, 5.41) is 0. The van der Waals surface area contributed by atoms with Crippen LogP contribution in [0.15, 0.2) is 16.7 Å². The highest BCUT2D eigenvalue weighted by atomic mass is 16.5. The van der Waals surface area contributed by atoms with Crippen molar-refractivity contribution in [3.63, 3.8) is 0 Å². The molecule has 0 aliphatic carbocycles. The third kappa shape index (κ3) is 3.11. The SMILES string of the molecule is CCOC(=O)C=Cc1ncc(C)o1. The van der Waals surface area contributed by atoms with E-state index in [-0.39, 0.29) is 0 Å². The number of ether oxygens (including phenoxy) is 1. The van der Waals surface area contributed by atoms with Crippen LogP contribution in [0.1, 0.15) is 18.6 Å². The quantitative estimate of drug-likeness (QED) is 0.524. The lowest BCUT2D eigenvalue weighted by Gasteiger charge is -1.92. The molecule has 4 heteroatoms. The fourth-order valence-corrected chi connectivity index (χ4v) is 0.779. The first-order valence-electron chi connectivity index (χ1n) is 3.99. The molecule has 0 spiro atoms. The molecule has 0 bridgehead atoms. The molecule has 70 valence electrons. The highest BCUT2D eigenvalue weighted by Crippen LogP contribution is 2.03. The van der Waals surface area contributed by atoms with Gasteiger partial charge >= 0.3 is 5.97 Å². The van der Waals surface area contributed by atoms with Gasteiger partial charge in [-0.25, -0.2) is 9.78 Å². The van der Waals surface area contributed by atoms with Gasteiger partial charge in [0.25, 0.3) is 0 Å². The number of carbonyl (C=O) groups excluding carboxylic acids is 1. The summed E-state index contributed by atoms with van der Waals surface area (Å²) < 4.78 is 9.78. The summed E-state index contributed by atoms with van der Waals surface area (Å²) in [7, 11) is 0. The lowest BCUT2D eigenvalue weighted by atomic mass is 10.5. The molecule has 0 radical (unpaired) electrons. The van der Waals surface area contributed by atoms with Gasteiger partial charge in [0.05, 0.1) is 12.8 Å². The number of esters is 1. The molecule has 1 heterocycles. The lowest BCUT2D eigenvalue weighted by Crippen LogP contribution is -1.98. The van der Waals surface area contributed by atoms with Crippen molar-refractivity contribution in [1.29, 1.82) is 0 Å². The fraction of sp³-hybridized carbons (Fsp3) is 0.333. The Balaban J connectivity index is 2.53.